The highest BCUT2D eigenvalue weighted by Crippen LogP contribution is 2.24. The average molecular weight is 485 g/mol. The molecule has 2 aromatic carbocycles. The number of nitrogens with zero attached hydrogens (tertiary/aromatic N) is 3. The molecular formula is C25H32N4O4S. The highest BCUT2D eigenvalue weighted by atomic mass is 32.2. The van der Waals surface area contributed by atoms with E-state index in [1.165, 1.54) is 0 Å². The van der Waals surface area contributed by atoms with Gasteiger partial charge in [0.15, 0.2) is 21.3 Å². The van der Waals surface area contributed by atoms with Crippen LogP contribution in [0.25, 0.3) is 11.3 Å². The molecule has 0 fully saturated rings. The third kappa shape index (κ3) is 6.03. The minimum Gasteiger partial charge on any atom is -0.378 e. The minimum absolute atomic E-state index is 0.0100. The molecule has 1 N–H and O–H groups in total. The lowest BCUT2D eigenvalue weighted by Crippen LogP contribution is -2.34. The highest BCUT2D eigenvalue weighted by molar-refractivity contribution is 7.91. The number of hydrogen-bond donors (Lipinski definition) is 1. The van der Waals surface area contributed by atoms with Gasteiger partial charge in [-0.3, -0.25) is 4.79 Å². The number of likely N-dealkylation sites (N-methyl/N-ethyl adjacent to an activating group) is 1. The van der Waals surface area contributed by atoms with Crippen molar-refractivity contribution < 1.29 is 17.7 Å². The van der Waals surface area contributed by atoms with Gasteiger partial charge in [-0.2, -0.15) is 0 Å². The summed E-state index contributed by atoms with van der Waals surface area (Å²) in [5.41, 5.74) is 3.01. The molecule has 0 bridgehead atoms. The van der Waals surface area contributed by atoms with Gasteiger partial charge in [0.25, 0.3) is 5.91 Å². The maximum atomic E-state index is 12.7. The lowest BCUT2D eigenvalue weighted by atomic mass is 10.1. The standard InChI is InChI=1S/C25H32N4O4S/c1-6-15-34(31,32)21-13-9-19(10-14-21)24-16-22(27-33-24)25(30)26-17-23(29(4)5)18-7-11-20(12-8-18)28(2)3/h7-14,16,23H,6,15,17H2,1-5H3,(H,26,30). The molecule has 0 saturated heterocycles. The van der Waals surface area contributed by atoms with Crippen molar-refractivity contribution in [3.8, 4) is 11.3 Å². The van der Waals surface area contributed by atoms with Gasteiger partial charge in [-0.15, -0.1) is 0 Å². The zero-order valence-electron chi connectivity index (χ0n) is 20.3. The second-order valence-electron chi connectivity index (χ2n) is 8.60. The van der Waals surface area contributed by atoms with Gasteiger partial charge in [0.1, 0.15) is 0 Å². The quantitative estimate of drug-likeness (QED) is 0.469. The van der Waals surface area contributed by atoms with E-state index in [-0.39, 0.29) is 28.3 Å². The Morgan fingerprint density at radius 3 is 2.24 bits per heavy atom. The minimum atomic E-state index is -3.29. The predicted molar refractivity (Wildman–Crippen MR) is 134 cm³/mol. The van der Waals surface area contributed by atoms with Crippen molar-refractivity contribution in [1.82, 2.24) is 15.4 Å². The number of aromatic nitrogens is 1. The third-order valence-electron chi connectivity index (χ3n) is 5.59. The number of amides is 1. The first-order valence-electron chi connectivity index (χ1n) is 11.1. The van der Waals surface area contributed by atoms with Crippen molar-refractivity contribution in [3.63, 3.8) is 0 Å². The highest BCUT2D eigenvalue weighted by Gasteiger charge is 2.19. The Kier molecular flexibility index (Phi) is 8.11. The van der Waals surface area contributed by atoms with Gasteiger partial charge >= 0.3 is 0 Å². The molecule has 9 heteroatoms. The number of anilines is 1. The molecule has 1 amide bonds. The molecule has 182 valence electrons. The SMILES string of the molecule is CCCS(=O)(=O)c1ccc(-c2cc(C(=O)NCC(c3ccc(N(C)C)cc3)N(C)C)no2)cc1. The van der Waals surface area contributed by atoms with Crippen LogP contribution < -0.4 is 10.2 Å². The molecule has 0 saturated carbocycles. The Bertz CT molecular complexity index is 1200. The number of carbonyl (C=O) groups is 1. The van der Waals surface area contributed by atoms with Gasteiger partial charge in [0.05, 0.1) is 16.7 Å². The van der Waals surface area contributed by atoms with Crippen molar-refractivity contribution in [1.29, 1.82) is 0 Å². The molecule has 3 rings (SSSR count). The summed E-state index contributed by atoms with van der Waals surface area (Å²) in [6, 6.07) is 16.2. The van der Waals surface area contributed by atoms with E-state index in [1.54, 1.807) is 30.3 Å². The summed E-state index contributed by atoms with van der Waals surface area (Å²) in [5, 5.41) is 6.83. The van der Waals surface area contributed by atoms with Crippen LogP contribution in [0.2, 0.25) is 0 Å². The van der Waals surface area contributed by atoms with Crippen LogP contribution in [-0.2, 0) is 9.84 Å². The van der Waals surface area contributed by atoms with Crippen LogP contribution in [0.5, 0.6) is 0 Å². The number of carbonyl (C=O) groups excluding carboxylic acids is 1. The Morgan fingerprint density at radius 1 is 1.03 bits per heavy atom. The molecule has 0 spiro atoms. The fourth-order valence-corrected chi connectivity index (χ4v) is 4.93. The normalized spacial score (nSPS) is 12.5. The Hall–Kier alpha value is -3.17. The summed E-state index contributed by atoms with van der Waals surface area (Å²) in [4.78, 5) is 17.1. The number of nitrogens with one attached hydrogen (secondary N) is 1. The maximum absolute atomic E-state index is 12.7. The molecule has 8 nitrogen and oxygen atoms in total. The van der Waals surface area contributed by atoms with Gasteiger partial charge < -0.3 is 19.6 Å². The summed E-state index contributed by atoms with van der Waals surface area (Å²) in [5.74, 6) is 0.161. The van der Waals surface area contributed by atoms with E-state index in [2.05, 4.69) is 34.7 Å². The monoisotopic (exact) mass is 484 g/mol. The Labute approximate surface area is 201 Å². The van der Waals surface area contributed by atoms with Crippen LogP contribution in [0.15, 0.2) is 64.0 Å². The zero-order valence-corrected chi connectivity index (χ0v) is 21.1. The van der Waals surface area contributed by atoms with E-state index in [0.717, 1.165) is 11.3 Å². The van der Waals surface area contributed by atoms with Crippen molar-refractivity contribution in [2.75, 3.05) is 45.4 Å². The first-order valence-corrected chi connectivity index (χ1v) is 12.8. The van der Waals surface area contributed by atoms with E-state index in [9.17, 15) is 13.2 Å². The molecule has 34 heavy (non-hydrogen) atoms. The lowest BCUT2D eigenvalue weighted by Gasteiger charge is -2.25. The van der Waals surface area contributed by atoms with Crippen LogP contribution in [0.4, 0.5) is 5.69 Å². The Morgan fingerprint density at radius 2 is 1.68 bits per heavy atom. The molecule has 0 aliphatic rings. The van der Waals surface area contributed by atoms with E-state index >= 15 is 0 Å². The van der Waals surface area contributed by atoms with Crippen molar-refractivity contribution in [2.45, 2.75) is 24.3 Å². The van der Waals surface area contributed by atoms with Crippen molar-refractivity contribution >= 4 is 21.4 Å². The van der Waals surface area contributed by atoms with Crippen LogP contribution >= 0.6 is 0 Å². The average Bonchev–Trinajstić information content (AvgIpc) is 3.30. The largest absolute Gasteiger partial charge is 0.378 e. The second kappa shape index (κ2) is 10.8. The van der Waals surface area contributed by atoms with Crippen LogP contribution in [0.3, 0.4) is 0 Å². The molecule has 0 radical (unpaired) electrons. The Balaban J connectivity index is 1.67. The molecular weight excluding hydrogens is 452 g/mol. The van der Waals surface area contributed by atoms with Crippen molar-refractivity contribution in [2.24, 2.45) is 0 Å². The van der Waals surface area contributed by atoms with Crippen LogP contribution in [0, 0.1) is 0 Å². The van der Waals surface area contributed by atoms with Gasteiger partial charge in [-0.25, -0.2) is 8.42 Å². The number of benzene rings is 2. The van der Waals surface area contributed by atoms with E-state index < -0.39 is 9.84 Å². The fourth-order valence-electron chi connectivity index (χ4n) is 3.60. The smallest absolute Gasteiger partial charge is 0.273 e. The number of sulfone groups is 1. The molecule has 0 aliphatic carbocycles. The summed E-state index contributed by atoms with van der Waals surface area (Å²) in [6.07, 6.45) is 0.556. The maximum Gasteiger partial charge on any atom is 0.273 e. The molecule has 0 aliphatic heterocycles. The first kappa shape index (κ1) is 25.5. The number of hydrogen-bond acceptors (Lipinski definition) is 7. The van der Waals surface area contributed by atoms with Gasteiger partial charge in [-0.05, 0) is 62.5 Å². The van der Waals surface area contributed by atoms with E-state index in [1.807, 2.05) is 44.9 Å². The summed E-state index contributed by atoms with van der Waals surface area (Å²) >= 11 is 0. The van der Waals surface area contributed by atoms with Crippen LogP contribution in [0.1, 0.15) is 35.4 Å². The zero-order chi connectivity index (χ0) is 24.9. The molecule has 1 aromatic heterocycles. The first-order chi connectivity index (χ1) is 16.1. The van der Waals surface area contributed by atoms with Crippen LogP contribution in [-0.4, -0.2) is 64.9 Å². The van der Waals surface area contributed by atoms with Crippen molar-refractivity contribution in [3.05, 3.63) is 65.9 Å². The topological polar surface area (TPSA) is 95.8 Å². The molecule has 1 heterocycles. The van der Waals surface area contributed by atoms with E-state index in [4.69, 9.17) is 4.52 Å². The predicted octanol–water partition coefficient (Wildman–Crippen LogP) is 3.62. The fraction of sp³-hybridized carbons (Fsp3) is 0.360. The number of rotatable bonds is 10. The summed E-state index contributed by atoms with van der Waals surface area (Å²) < 4.78 is 29.7. The van der Waals surface area contributed by atoms with Gasteiger partial charge in [0.2, 0.25) is 0 Å². The molecule has 1 unspecified atom stereocenters. The van der Waals surface area contributed by atoms with Gasteiger partial charge in [-0.1, -0.05) is 24.2 Å². The summed E-state index contributed by atoms with van der Waals surface area (Å²) in [6.45, 7) is 2.23. The third-order valence-corrected chi connectivity index (χ3v) is 7.52. The van der Waals surface area contributed by atoms with Gasteiger partial charge in [0, 0.05) is 38.0 Å². The lowest BCUT2D eigenvalue weighted by molar-refractivity contribution is 0.0933. The molecule has 3 aromatic rings. The second-order valence-corrected chi connectivity index (χ2v) is 10.7. The summed E-state index contributed by atoms with van der Waals surface area (Å²) in [7, 11) is 4.64. The molecule has 1 atom stereocenters. The van der Waals surface area contributed by atoms with E-state index in [0.29, 0.717) is 24.3 Å².